The number of halogens is 1. The molecule has 2 heterocycles. The SMILES string of the molecule is CN(Cc1cnn(-c2ccc(F)cc2)c1)C(=O)c1cccc(-c2ncc[nH]2)c1. The largest absolute Gasteiger partial charge is 0.345 e. The number of carbonyl (C=O) groups is 1. The van der Waals surface area contributed by atoms with Gasteiger partial charge in [0.05, 0.1) is 11.9 Å². The third-order valence-corrected chi connectivity index (χ3v) is 4.37. The van der Waals surface area contributed by atoms with Gasteiger partial charge in [-0.3, -0.25) is 4.79 Å². The van der Waals surface area contributed by atoms with Crippen molar-refractivity contribution in [3.63, 3.8) is 0 Å². The van der Waals surface area contributed by atoms with Gasteiger partial charge in [-0.2, -0.15) is 5.10 Å². The van der Waals surface area contributed by atoms with Crippen LogP contribution < -0.4 is 0 Å². The second-order valence-corrected chi connectivity index (χ2v) is 6.45. The smallest absolute Gasteiger partial charge is 0.253 e. The molecule has 0 aliphatic carbocycles. The molecule has 4 rings (SSSR count). The fourth-order valence-electron chi connectivity index (χ4n) is 2.97. The van der Waals surface area contributed by atoms with E-state index in [4.69, 9.17) is 0 Å². The Balaban J connectivity index is 1.48. The first kappa shape index (κ1) is 17.7. The van der Waals surface area contributed by atoms with Gasteiger partial charge in [0.15, 0.2) is 0 Å². The van der Waals surface area contributed by atoms with Crippen LogP contribution in [0.1, 0.15) is 15.9 Å². The second kappa shape index (κ2) is 7.48. The van der Waals surface area contributed by atoms with E-state index < -0.39 is 0 Å². The lowest BCUT2D eigenvalue weighted by atomic mass is 10.1. The number of benzene rings is 2. The summed E-state index contributed by atoms with van der Waals surface area (Å²) in [5.74, 6) is 0.332. The van der Waals surface area contributed by atoms with Gasteiger partial charge in [0.1, 0.15) is 11.6 Å². The maximum atomic E-state index is 13.1. The molecule has 1 amide bonds. The molecule has 0 radical (unpaired) electrons. The minimum Gasteiger partial charge on any atom is -0.345 e. The number of H-pyrrole nitrogens is 1. The van der Waals surface area contributed by atoms with E-state index in [-0.39, 0.29) is 11.7 Å². The van der Waals surface area contributed by atoms with E-state index in [1.54, 1.807) is 53.4 Å². The number of aromatic amines is 1. The summed E-state index contributed by atoms with van der Waals surface area (Å²) in [6, 6.07) is 13.4. The monoisotopic (exact) mass is 375 g/mol. The zero-order chi connectivity index (χ0) is 19.5. The summed E-state index contributed by atoms with van der Waals surface area (Å²) < 4.78 is 14.7. The molecule has 0 spiro atoms. The predicted octanol–water partition coefficient (Wildman–Crippen LogP) is 3.67. The van der Waals surface area contributed by atoms with Gasteiger partial charge >= 0.3 is 0 Å². The number of hydrogen-bond acceptors (Lipinski definition) is 3. The average Bonchev–Trinajstić information content (AvgIpc) is 3.40. The molecule has 7 heteroatoms. The Hall–Kier alpha value is -3.74. The Bertz CT molecular complexity index is 1090. The van der Waals surface area contributed by atoms with E-state index in [9.17, 15) is 9.18 Å². The van der Waals surface area contributed by atoms with Crippen LogP contribution >= 0.6 is 0 Å². The lowest BCUT2D eigenvalue weighted by Crippen LogP contribution is -2.26. The number of amides is 1. The first-order valence-electron chi connectivity index (χ1n) is 8.75. The Morgan fingerprint density at radius 1 is 1.21 bits per heavy atom. The molecule has 0 bridgehead atoms. The molecule has 0 saturated heterocycles. The molecular formula is C21H18FN5O. The molecule has 2 aromatic carbocycles. The van der Waals surface area contributed by atoms with Crippen LogP contribution in [0.4, 0.5) is 4.39 Å². The Kier molecular flexibility index (Phi) is 4.72. The van der Waals surface area contributed by atoms with Gasteiger partial charge in [-0.25, -0.2) is 14.1 Å². The molecule has 0 unspecified atom stereocenters. The van der Waals surface area contributed by atoms with Gasteiger partial charge in [0.2, 0.25) is 0 Å². The van der Waals surface area contributed by atoms with E-state index in [0.717, 1.165) is 22.6 Å². The van der Waals surface area contributed by atoms with Crippen LogP contribution in [-0.4, -0.2) is 37.6 Å². The van der Waals surface area contributed by atoms with Crippen LogP contribution in [0.25, 0.3) is 17.1 Å². The molecule has 140 valence electrons. The van der Waals surface area contributed by atoms with Gasteiger partial charge in [0.25, 0.3) is 5.91 Å². The maximum Gasteiger partial charge on any atom is 0.253 e. The Morgan fingerprint density at radius 3 is 2.79 bits per heavy atom. The van der Waals surface area contributed by atoms with Crippen LogP contribution in [0.3, 0.4) is 0 Å². The number of rotatable bonds is 5. The zero-order valence-corrected chi connectivity index (χ0v) is 15.2. The van der Waals surface area contributed by atoms with Crippen molar-refractivity contribution < 1.29 is 9.18 Å². The summed E-state index contributed by atoms with van der Waals surface area (Å²) >= 11 is 0. The predicted molar refractivity (Wildman–Crippen MR) is 103 cm³/mol. The van der Waals surface area contributed by atoms with Crippen LogP contribution in [0.5, 0.6) is 0 Å². The van der Waals surface area contributed by atoms with Crippen molar-refractivity contribution in [2.24, 2.45) is 0 Å². The van der Waals surface area contributed by atoms with Crippen LogP contribution in [0.2, 0.25) is 0 Å². The minimum atomic E-state index is -0.293. The number of nitrogens with one attached hydrogen (secondary N) is 1. The van der Waals surface area contributed by atoms with Crippen molar-refractivity contribution in [1.82, 2.24) is 24.6 Å². The molecule has 28 heavy (non-hydrogen) atoms. The summed E-state index contributed by atoms with van der Waals surface area (Å²) in [5, 5.41) is 4.29. The van der Waals surface area contributed by atoms with Gasteiger partial charge in [-0.1, -0.05) is 12.1 Å². The summed E-state index contributed by atoms with van der Waals surface area (Å²) in [4.78, 5) is 21.7. The molecule has 1 N–H and O–H groups in total. The number of carbonyl (C=O) groups excluding carboxylic acids is 1. The van der Waals surface area contributed by atoms with Gasteiger partial charge in [-0.15, -0.1) is 0 Å². The minimum absolute atomic E-state index is 0.0945. The Morgan fingerprint density at radius 2 is 2.04 bits per heavy atom. The number of nitrogens with zero attached hydrogens (tertiary/aromatic N) is 4. The topological polar surface area (TPSA) is 66.8 Å². The maximum absolute atomic E-state index is 13.1. The third-order valence-electron chi connectivity index (χ3n) is 4.37. The highest BCUT2D eigenvalue weighted by atomic mass is 19.1. The fourth-order valence-corrected chi connectivity index (χ4v) is 2.97. The molecule has 0 aliphatic rings. The molecular weight excluding hydrogens is 357 g/mol. The molecule has 0 fully saturated rings. The van der Waals surface area contributed by atoms with Crippen molar-refractivity contribution in [1.29, 1.82) is 0 Å². The van der Waals surface area contributed by atoms with Crippen LogP contribution in [0.15, 0.2) is 73.3 Å². The molecule has 2 aromatic heterocycles. The van der Waals surface area contributed by atoms with Gasteiger partial charge < -0.3 is 9.88 Å². The average molecular weight is 375 g/mol. The molecule has 0 saturated carbocycles. The van der Waals surface area contributed by atoms with E-state index in [1.165, 1.54) is 12.1 Å². The molecule has 6 nitrogen and oxygen atoms in total. The molecule has 4 aromatic rings. The highest BCUT2D eigenvalue weighted by Crippen LogP contribution is 2.18. The van der Waals surface area contributed by atoms with Crippen molar-refractivity contribution >= 4 is 5.91 Å². The lowest BCUT2D eigenvalue weighted by molar-refractivity contribution is 0.0785. The highest BCUT2D eigenvalue weighted by molar-refractivity contribution is 5.95. The quantitative estimate of drug-likeness (QED) is 0.579. The fraction of sp³-hybridized carbons (Fsp3) is 0.0952. The van der Waals surface area contributed by atoms with Gasteiger partial charge in [0, 0.05) is 48.9 Å². The molecule has 0 atom stereocenters. The first-order valence-corrected chi connectivity index (χ1v) is 8.75. The number of imidazole rings is 1. The standard InChI is InChI=1S/C21H18FN5O/c1-26(13-15-12-25-27(14-15)19-7-5-18(22)6-8-19)21(28)17-4-2-3-16(11-17)20-23-9-10-24-20/h2-12,14H,13H2,1H3,(H,23,24). The highest BCUT2D eigenvalue weighted by Gasteiger charge is 2.14. The number of aromatic nitrogens is 4. The summed E-state index contributed by atoms with van der Waals surface area (Å²) in [6.45, 7) is 0.408. The van der Waals surface area contributed by atoms with E-state index in [0.29, 0.717) is 12.1 Å². The van der Waals surface area contributed by atoms with Gasteiger partial charge in [-0.05, 0) is 36.4 Å². The lowest BCUT2D eigenvalue weighted by Gasteiger charge is -2.16. The Labute approximate surface area is 161 Å². The zero-order valence-electron chi connectivity index (χ0n) is 15.2. The first-order chi connectivity index (χ1) is 13.6. The van der Waals surface area contributed by atoms with Crippen molar-refractivity contribution in [2.45, 2.75) is 6.54 Å². The van der Waals surface area contributed by atoms with E-state index >= 15 is 0 Å². The molecule has 0 aliphatic heterocycles. The second-order valence-electron chi connectivity index (χ2n) is 6.45. The third kappa shape index (κ3) is 3.68. The summed E-state index contributed by atoms with van der Waals surface area (Å²) in [6.07, 6.45) is 6.95. The summed E-state index contributed by atoms with van der Waals surface area (Å²) in [7, 11) is 1.75. The number of hydrogen-bond donors (Lipinski definition) is 1. The summed E-state index contributed by atoms with van der Waals surface area (Å²) in [5.41, 5.74) is 3.07. The van der Waals surface area contributed by atoms with Crippen LogP contribution in [0, 0.1) is 5.82 Å². The van der Waals surface area contributed by atoms with Crippen molar-refractivity contribution in [2.75, 3.05) is 7.05 Å². The van der Waals surface area contributed by atoms with E-state index in [2.05, 4.69) is 15.1 Å². The van der Waals surface area contributed by atoms with E-state index in [1.807, 2.05) is 24.4 Å². The normalized spacial score (nSPS) is 10.8. The van der Waals surface area contributed by atoms with Crippen LogP contribution in [-0.2, 0) is 6.54 Å². The van der Waals surface area contributed by atoms with Crippen molar-refractivity contribution in [3.8, 4) is 17.1 Å². The van der Waals surface area contributed by atoms with Crippen molar-refractivity contribution in [3.05, 3.63) is 90.3 Å².